The number of methoxy groups -OCH3 is 1. The lowest BCUT2D eigenvalue weighted by molar-refractivity contribution is 0.388. The molecule has 102 valence electrons. The van der Waals surface area contributed by atoms with Crippen LogP contribution in [0.1, 0.15) is 50.8 Å². The van der Waals surface area contributed by atoms with Crippen LogP contribution in [0.25, 0.3) is 0 Å². The van der Waals surface area contributed by atoms with E-state index in [0.717, 1.165) is 24.6 Å². The molecule has 1 atom stereocenters. The zero-order valence-electron chi connectivity index (χ0n) is 12.4. The van der Waals surface area contributed by atoms with Crippen LogP contribution in [-0.4, -0.2) is 13.7 Å². The van der Waals surface area contributed by atoms with Crippen molar-refractivity contribution in [2.45, 2.75) is 46.6 Å². The maximum absolute atomic E-state index is 5.49. The average molecular weight is 249 g/mol. The molecule has 1 N–H and O–H groups in total. The lowest BCUT2D eigenvalue weighted by Gasteiger charge is -2.22. The quantitative estimate of drug-likeness (QED) is 0.786. The van der Waals surface area contributed by atoms with Gasteiger partial charge in [0.2, 0.25) is 0 Å². The molecule has 1 rings (SSSR count). The van der Waals surface area contributed by atoms with Crippen LogP contribution >= 0.6 is 0 Å². The molecular weight excluding hydrogens is 222 g/mol. The van der Waals surface area contributed by atoms with Gasteiger partial charge in [0, 0.05) is 11.6 Å². The van der Waals surface area contributed by atoms with Gasteiger partial charge in [-0.3, -0.25) is 0 Å². The molecule has 0 aliphatic carbocycles. The third-order valence-corrected chi connectivity index (χ3v) is 3.24. The van der Waals surface area contributed by atoms with Crippen molar-refractivity contribution in [3.05, 3.63) is 29.3 Å². The minimum atomic E-state index is 0.396. The van der Waals surface area contributed by atoms with Crippen molar-refractivity contribution >= 4 is 0 Å². The number of hydrogen-bond donors (Lipinski definition) is 1. The Balaban J connectivity index is 2.92. The molecule has 0 aliphatic heterocycles. The lowest BCUT2D eigenvalue weighted by Crippen LogP contribution is -2.22. The van der Waals surface area contributed by atoms with Gasteiger partial charge in [-0.05, 0) is 38.3 Å². The smallest absolute Gasteiger partial charge is 0.123 e. The van der Waals surface area contributed by atoms with E-state index in [1.54, 1.807) is 7.11 Å². The van der Waals surface area contributed by atoms with Gasteiger partial charge in [0.05, 0.1) is 7.11 Å². The Bertz CT molecular complexity index is 360. The van der Waals surface area contributed by atoms with E-state index in [1.807, 2.05) is 0 Å². The number of nitrogens with one attached hydrogen (secondary N) is 1. The minimum Gasteiger partial charge on any atom is -0.496 e. The molecule has 0 radical (unpaired) electrons. The molecule has 1 unspecified atom stereocenters. The second-order valence-electron chi connectivity index (χ2n) is 5.33. The van der Waals surface area contributed by atoms with Gasteiger partial charge in [-0.15, -0.1) is 0 Å². The summed E-state index contributed by atoms with van der Waals surface area (Å²) in [5, 5.41) is 3.58. The van der Waals surface area contributed by atoms with Gasteiger partial charge in [-0.1, -0.05) is 38.5 Å². The van der Waals surface area contributed by atoms with Crippen LogP contribution in [0.5, 0.6) is 5.75 Å². The van der Waals surface area contributed by atoms with E-state index in [4.69, 9.17) is 4.74 Å². The molecule has 1 aromatic carbocycles. The minimum absolute atomic E-state index is 0.396. The van der Waals surface area contributed by atoms with Gasteiger partial charge < -0.3 is 10.1 Å². The first-order chi connectivity index (χ1) is 8.58. The van der Waals surface area contributed by atoms with Crippen molar-refractivity contribution in [1.82, 2.24) is 5.32 Å². The highest BCUT2D eigenvalue weighted by atomic mass is 16.5. The molecule has 0 saturated heterocycles. The summed E-state index contributed by atoms with van der Waals surface area (Å²) in [6.45, 7) is 9.83. The van der Waals surface area contributed by atoms with Crippen molar-refractivity contribution in [1.29, 1.82) is 0 Å². The van der Waals surface area contributed by atoms with E-state index < -0.39 is 0 Å². The molecule has 18 heavy (non-hydrogen) atoms. The predicted molar refractivity (Wildman–Crippen MR) is 78.2 cm³/mol. The average Bonchev–Trinajstić information content (AvgIpc) is 2.34. The molecule has 0 heterocycles. The highest BCUT2D eigenvalue weighted by molar-refractivity contribution is 5.39. The van der Waals surface area contributed by atoms with Gasteiger partial charge in [0.25, 0.3) is 0 Å². The fourth-order valence-corrected chi connectivity index (χ4v) is 2.24. The van der Waals surface area contributed by atoms with Crippen LogP contribution in [0.2, 0.25) is 0 Å². The Morgan fingerprint density at radius 2 is 1.94 bits per heavy atom. The monoisotopic (exact) mass is 249 g/mol. The first-order valence-corrected chi connectivity index (χ1v) is 6.96. The van der Waals surface area contributed by atoms with Crippen LogP contribution < -0.4 is 10.1 Å². The van der Waals surface area contributed by atoms with E-state index >= 15 is 0 Å². The third-order valence-electron chi connectivity index (χ3n) is 3.24. The molecule has 0 spiro atoms. The molecule has 2 heteroatoms. The Morgan fingerprint density at radius 3 is 2.50 bits per heavy atom. The standard InChI is InChI=1S/C16H27NO/c1-6-17-15(9-7-12(2)3)14-11-13(4)8-10-16(14)18-5/h8,10-12,15,17H,6-7,9H2,1-5H3. The van der Waals surface area contributed by atoms with Gasteiger partial charge in [0.15, 0.2) is 0 Å². The number of hydrogen-bond acceptors (Lipinski definition) is 2. The number of rotatable bonds is 7. The number of ether oxygens (including phenoxy) is 1. The fraction of sp³-hybridized carbons (Fsp3) is 0.625. The Hall–Kier alpha value is -1.02. The normalized spacial score (nSPS) is 12.8. The summed E-state index contributed by atoms with van der Waals surface area (Å²) >= 11 is 0. The first-order valence-electron chi connectivity index (χ1n) is 6.96. The van der Waals surface area contributed by atoms with Crippen LogP contribution in [-0.2, 0) is 0 Å². The summed E-state index contributed by atoms with van der Waals surface area (Å²) < 4.78 is 5.49. The van der Waals surface area contributed by atoms with Crippen molar-refractivity contribution in [2.75, 3.05) is 13.7 Å². The topological polar surface area (TPSA) is 21.3 Å². The summed E-state index contributed by atoms with van der Waals surface area (Å²) in [6.07, 6.45) is 2.39. The van der Waals surface area contributed by atoms with Crippen LogP contribution in [0.15, 0.2) is 18.2 Å². The zero-order chi connectivity index (χ0) is 13.5. The number of aryl methyl sites for hydroxylation is 1. The second-order valence-corrected chi connectivity index (χ2v) is 5.33. The molecule has 2 nitrogen and oxygen atoms in total. The van der Waals surface area contributed by atoms with Crippen LogP contribution in [0, 0.1) is 12.8 Å². The Labute approximate surface area is 112 Å². The maximum Gasteiger partial charge on any atom is 0.123 e. The van der Waals surface area contributed by atoms with Crippen molar-refractivity contribution < 1.29 is 4.74 Å². The Morgan fingerprint density at radius 1 is 1.22 bits per heavy atom. The van der Waals surface area contributed by atoms with Crippen LogP contribution in [0.4, 0.5) is 0 Å². The van der Waals surface area contributed by atoms with E-state index in [0.29, 0.717) is 6.04 Å². The highest BCUT2D eigenvalue weighted by Gasteiger charge is 2.15. The fourth-order valence-electron chi connectivity index (χ4n) is 2.24. The molecule has 0 amide bonds. The summed E-state index contributed by atoms with van der Waals surface area (Å²) in [4.78, 5) is 0. The molecular formula is C16H27NO. The summed E-state index contributed by atoms with van der Waals surface area (Å²) in [7, 11) is 1.75. The largest absolute Gasteiger partial charge is 0.496 e. The van der Waals surface area contributed by atoms with Gasteiger partial charge in [0.1, 0.15) is 5.75 Å². The van der Waals surface area contributed by atoms with Gasteiger partial charge in [-0.2, -0.15) is 0 Å². The number of benzene rings is 1. The highest BCUT2D eigenvalue weighted by Crippen LogP contribution is 2.30. The third kappa shape index (κ3) is 4.34. The molecule has 0 aliphatic rings. The summed E-state index contributed by atoms with van der Waals surface area (Å²) in [5.41, 5.74) is 2.58. The predicted octanol–water partition coefficient (Wildman–Crippen LogP) is 4.09. The van der Waals surface area contributed by atoms with Gasteiger partial charge in [-0.25, -0.2) is 0 Å². The molecule has 0 saturated carbocycles. The van der Waals surface area contributed by atoms with Crippen molar-refractivity contribution in [3.8, 4) is 5.75 Å². The first kappa shape index (κ1) is 15.0. The molecule has 0 bridgehead atoms. The zero-order valence-corrected chi connectivity index (χ0v) is 12.4. The van der Waals surface area contributed by atoms with Crippen molar-refractivity contribution in [3.63, 3.8) is 0 Å². The molecule has 1 aromatic rings. The maximum atomic E-state index is 5.49. The summed E-state index contributed by atoms with van der Waals surface area (Å²) in [5.74, 6) is 1.73. The molecule has 0 aromatic heterocycles. The molecule has 0 fully saturated rings. The second kappa shape index (κ2) is 7.42. The summed E-state index contributed by atoms with van der Waals surface area (Å²) in [6, 6.07) is 6.82. The van der Waals surface area contributed by atoms with E-state index in [9.17, 15) is 0 Å². The van der Waals surface area contributed by atoms with E-state index in [1.165, 1.54) is 17.5 Å². The van der Waals surface area contributed by atoms with Gasteiger partial charge >= 0.3 is 0 Å². The van der Waals surface area contributed by atoms with E-state index in [2.05, 4.69) is 51.2 Å². The SMILES string of the molecule is CCNC(CCC(C)C)c1cc(C)ccc1OC. The Kier molecular flexibility index (Phi) is 6.20. The van der Waals surface area contributed by atoms with Crippen molar-refractivity contribution in [2.24, 2.45) is 5.92 Å². The lowest BCUT2D eigenvalue weighted by atomic mass is 9.95. The van der Waals surface area contributed by atoms with Crippen LogP contribution in [0.3, 0.4) is 0 Å². The van der Waals surface area contributed by atoms with E-state index in [-0.39, 0.29) is 0 Å².